The molecule has 5 N–H and O–H groups in total. The summed E-state index contributed by atoms with van der Waals surface area (Å²) in [6, 6.07) is 0. The highest BCUT2D eigenvalue weighted by molar-refractivity contribution is 5.01. The smallest absolute Gasteiger partial charge is 0.274 e. The van der Waals surface area contributed by atoms with Gasteiger partial charge in [-0.3, -0.25) is 0 Å². The van der Waals surface area contributed by atoms with Crippen LogP contribution in [0, 0.1) is 10.8 Å². The van der Waals surface area contributed by atoms with Crippen molar-refractivity contribution in [2.75, 3.05) is 19.8 Å². The van der Waals surface area contributed by atoms with E-state index < -0.39 is 30.1 Å². The van der Waals surface area contributed by atoms with E-state index in [-0.39, 0.29) is 24.0 Å². The lowest BCUT2D eigenvalue weighted by molar-refractivity contribution is -0.373. The van der Waals surface area contributed by atoms with E-state index >= 15 is 0 Å². The number of aliphatic hydroxyl groups is 5. The van der Waals surface area contributed by atoms with Gasteiger partial charge in [0, 0.05) is 0 Å². The predicted octanol–water partition coefficient (Wildman–Crippen LogP) is -0.441. The standard InChI is InChI=1S/C16H32O8/c1-13(2,3)8-22-7-10(17)11-15(18,19)16(20,21)12(24-11)23-9-14(4,5)6/h10-12,17-21H,7-9H2,1-6H3/t10?,11-,12-/m1/s1. The Morgan fingerprint density at radius 1 is 0.917 bits per heavy atom. The molecule has 3 atom stereocenters. The molecule has 144 valence electrons. The van der Waals surface area contributed by atoms with E-state index in [1.54, 1.807) is 0 Å². The normalized spacial score (nSPS) is 28.1. The van der Waals surface area contributed by atoms with Crippen molar-refractivity contribution in [2.24, 2.45) is 10.8 Å². The quantitative estimate of drug-likeness (QED) is 0.407. The van der Waals surface area contributed by atoms with Crippen LogP contribution in [0.2, 0.25) is 0 Å². The zero-order valence-corrected chi connectivity index (χ0v) is 15.3. The largest absolute Gasteiger partial charge is 0.388 e. The van der Waals surface area contributed by atoms with E-state index in [0.717, 1.165) is 0 Å². The number of hydrogen-bond donors (Lipinski definition) is 5. The molecule has 1 fully saturated rings. The van der Waals surface area contributed by atoms with E-state index in [4.69, 9.17) is 14.2 Å². The Bertz CT molecular complexity index is 407. The van der Waals surface area contributed by atoms with Crippen molar-refractivity contribution in [3.05, 3.63) is 0 Å². The van der Waals surface area contributed by atoms with Gasteiger partial charge in [-0.1, -0.05) is 41.5 Å². The molecule has 0 saturated carbocycles. The van der Waals surface area contributed by atoms with Crippen LogP contribution in [0.3, 0.4) is 0 Å². The molecule has 1 heterocycles. The van der Waals surface area contributed by atoms with Crippen LogP contribution in [0.4, 0.5) is 0 Å². The highest BCUT2D eigenvalue weighted by atomic mass is 16.8. The lowest BCUT2D eigenvalue weighted by Gasteiger charge is -2.33. The van der Waals surface area contributed by atoms with E-state index in [9.17, 15) is 25.5 Å². The van der Waals surface area contributed by atoms with Crippen molar-refractivity contribution in [1.29, 1.82) is 0 Å². The van der Waals surface area contributed by atoms with Crippen molar-refractivity contribution >= 4 is 0 Å². The van der Waals surface area contributed by atoms with Gasteiger partial charge >= 0.3 is 0 Å². The number of hydrogen-bond acceptors (Lipinski definition) is 8. The highest BCUT2D eigenvalue weighted by Crippen LogP contribution is 2.39. The molecule has 0 spiro atoms. The SMILES string of the molecule is CC(C)(C)COCC(O)[C@H]1O[C@@H](OCC(C)(C)C)C(O)(O)C1(O)O. The van der Waals surface area contributed by atoms with Gasteiger partial charge in [0.1, 0.15) is 12.2 Å². The highest BCUT2D eigenvalue weighted by Gasteiger charge is 2.68. The van der Waals surface area contributed by atoms with Crippen LogP contribution in [-0.2, 0) is 14.2 Å². The summed E-state index contributed by atoms with van der Waals surface area (Å²) in [4.78, 5) is 0. The fraction of sp³-hybridized carbons (Fsp3) is 1.00. The van der Waals surface area contributed by atoms with E-state index in [1.807, 2.05) is 41.5 Å². The summed E-state index contributed by atoms with van der Waals surface area (Å²) in [5.41, 5.74) is -0.443. The van der Waals surface area contributed by atoms with Gasteiger partial charge in [-0.2, -0.15) is 0 Å². The van der Waals surface area contributed by atoms with Crippen molar-refractivity contribution < 1.29 is 39.7 Å². The maximum atomic E-state index is 10.1. The lowest BCUT2D eigenvalue weighted by atomic mass is 9.97. The Hall–Kier alpha value is -0.320. The average molecular weight is 352 g/mol. The summed E-state index contributed by atoms with van der Waals surface area (Å²) in [7, 11) is 0. The van der Waals surface area contributed by atoms with Gasteiger partial charge in [0.15, 0.2) is 0 Å². The summed E-state index contributed by atoms with van der Waals surface area (Å²) in [5.74, 6) is -6.20. The third kappa shape index (κ3) is 5.34. The summed E-state index contributed by atoms with van der Waals surface area (Å²) in [5, 5.41) is 50.2. The second-order valence-electron chi connectivity index (χ2n) is 8.86. The van der Waals surface area contributed by atoms with E-state index in [2.05, 4.69) is 0 Å². The molecule has 1 rings (SSSR count). The first-order chi connectivity index (χ1) is 10.6. The van der Waals surface area contributed by atoms with Gasteiger partial charge in [-0.05, 0) is 10.8 Å². The fourth-order valence-electron chi connectivity index (χ4n) is 2.12. The summed E-state index contributed by atoms with van der Waals surface area (Å²) in [6.45, 7) is 11.5. The molecule has 0 radical (unpaired) electrons. The molecule has 0 bridgehead atoms. The topological polar surface area (TPSA) is 129 Å². The Morgan fingerprint density at radius 2 is 1.42 bits per heavy atom. The molecule has 0 aliphatic carbocycles. The average Bonchev–Trinajstić information content (AvgIpc) is 2.51. The van der Waals surface area contributed by atoms with Crippen LogP contribution in [-0.4, -0.2) is 75.4 Å². The number of ether oxygens (including phenoxy) is 3. The molecule has 8 heteroatoms. The predicted molar refractivity (Wildman–Crippen MR) is 84.7 cm³/mol. The maximum Gasteiger partial charge on any atom is 0.274 e. The number of aliphatic hydroxyl groups excluding tert-OH is 1. The summed E-state index contributed by atoms with van der Waals surface area (Å²) in [6.07, 6.45) is -4.89. The van der Waals surface area contributed by atoms with E-state index in [0.29, 0.717) is 6.61 Å². The minimum Gasteiger partial charge on any atom is -0.388 e. The summed E-state index contributed by atoms with van der Waals surface area (Å²) < 4.78 is 15.8. The monoisotopic (exact) mass is 352 g/mol. The third-order valence-electron chi connectivity index (χ3n) is 3.38. The molecule has 24 heavy (non-hydrogen) atoms. The first-order valence-electron chi connectivity index (χ1n) is 8.00. The van der Waals surface area contributed by atoms with Crippen LogP contribution < -0.4 is 0 Å². The molecule has 1 unspecified atom stereocenters. The lowest BCUT2D eigenvalue weighted by Crippen LogP contribution is -2.62. The van der Waals surface area contributed by atoms with Crippen LogP contribution in [0.15, 0.2) is 0 Å². The molecule has 0 amide bonds. The van der Waals surface area contributed by atoms with Crippen LogP contribution in [0.1, 0.15) is 41.5 Å². The Balaban J connectivity index is 2.74. The third-order valence-corrected chi connectivity index (χ3v) is 3.38. The van der Waals surface area contributed by atoms with Gasteiger partial charge in [0.25, 0.3) is 11.6 Å². The second kappa shape index (κ2) is 7.13. The fourth-order valence-corrected chi connectivity index (χ4v) is 2.12. The molecule has 1 aliphatic heterocycles. The molecular formula is C16H32O8. The van der Waals surface area contributed by atoms with Crippen LogP contribution in [0.25, 0.3) is 0 Å². The Labute approximate surface area is 143 Å². The molecular weight excluding hydrogens is 320 g/mol. The van der Waals surface area contributed by atoms with Crippen molar-refractivity contribution in [3.63, 3.8) is 0 Å². The number of rotatable bonds is 6. The molecule has 1 saturated heterocycles. The van der Waals surface area contributed by atoms with Crippen molar-refractivity contribution in [2.45, 2.75) is 71.6 Å². The second-order valence-corrected chi connectivity index (χ2v) is 8.86. The zero-order valence-electron chi connectivity index (χ0n) is 15.3. The van der Waals surface area contributed by atoms with Gasteiger partial charge in [0.05, 0.1) is 19.8 Å². The molecule has 0 aromatic rings. The van der Waals surface area contributed by atoms with Crippen LogP contribution >= 0.6 is 0 Å². The Morgan fingerprint density at radius 3 is 1.88 bits per heavy atom. The van der Waals surface area contributed by atoms with Gasteiger partial charge in [0.2, 0.25) is 6.29 Å². The molecule has 8 nitrogen and oxygen atoms in total. The first kappa shape index (κ1) is 21.7. The molecule has 0 aromatic heterocycles. The van der Waals surface area contributed by atoms with E-state index in [1.165, 1.54) is 0 Å². The Kier molecular flexibility index (Phi) is 6.45. The maximum absolute atomic E-state index is 10.1. The van der Waals surface area contributed by atoms with Crippen molar-refractivity contribution in [1.82, 2.24) is 0 Å². The minimum atomic E-state index is -3.11. The minimum absolute atomic E-state index is 0.0833. The van der Waals surface area contributed by atoms with Crippen LogP contribution in [0.5, 0.6) is 0 Å². The zero-order chi connectivity index (χ0) is 19.0. The van der Waals surface area contributed by atoms with Gasteiger partial charge in [-0.25, -0.2) is 0 Å². The van der Waals surface area contributed by atoms with Gasteiger partial charge < -0.3 is 39.7 Å². The van der Waals surface area contributed by atoms with Gasteiger partial charge in [-0.15, -0.1) is 0 Å². The molecule has 1 aliphatic rings. The van der Waals surface area contributed by atoms with Crippen molar-refractivity contribution in [3.8, 4) is 0 Å². The first-order valence-corrected chi connectivity index (χ1v) is 8.00. The molecule has 0 aromatic carbocycles. The summed E-state index contributed by atoms with van der Waals surface area (Å²) >= 11 is 0.